The first kappa shape index (κ1) is 44.0. The van der Waals surface area contributed by atoms with Gasteiger partial charge in [-0.05, 0) is 94.5 Å². The molecule has 0 atom stereocenters. The van der Waals surface area contributed by atoms with E-state index in [1.165, 1.54) is 34.5 Å². The summed E-state index contributed by atoms with van der Waals surface area (Å²) < 4.78 is 71.1. The molecule has 0 N–H and O–H groups in total. The van der Waals surface area contributed by atoms with E-state index in [1.54, 1.807) is 12.1 Å². The maximum atomic E-state index is 13.0. The van der Waals surface area contributed by atoms with Gasteiger partial charge in [-0.2, -0.15) is 21.6 Å². The summed E-state index contributed by atoms with van der Waals surface area (Å²) in [6.07, 6.45) is 4.57. The Labute approximate surface area is 392 Å². The fraction of sp³-hybridized carbons (Fsp3) is 0.125. The zero-order chi connectivity index (χ0) is 47.0. The standard InChI is InChI=1S/C56H44F3N5O3S/c1-63-52-13-7-5-11-49(52)61-54(63)43-23-19-37(20-24-43)15-17-39-33-40(18-16-38-21-25-44(26-22-38)55-62-50-12-6-8-14-53(50)64(55)2)35-45(34-39)48-10-4-3-9-47(48)41-27-29-42(30-28-41)51-36-46(31-32-60-51)67-68(65,66)56(57,58)59/h3-14,19-36H,15-18H2,1-2H3. The van der Waals surface area contributed by atoms with E-state index in [2.05, 4.69) is 109 Å². The number of nitrogens with zero attached hydrogens (tertiary/aromatic N) is 5. The highest BCUT2D eigenvalue weighted by molar-refractivity contribution is 7.88. The van der Waals surface area contributed by atoms with Crippen LogP contribution in [-0.2, 0) is 49.9 Å². The molecule has 10 rings (SSSR count). The molecule has 0 radical (unpaired) electrons. The van der Waals surface area contributed by atoms with Gasteiger partial charge >= 0.3 is 15.6 Å². The third-order valence-corrected chi connectivity index (χ3v) is 13.4. The minimum atomic E-state index is -5.83. The number of imidazole rings is 2. The van der Waals surface area contributed by atoms with Crippen LogP contribution in [0.4, 0.5) is 13.2 Å². The second-order valence-corrected chi connectivity index (χ2v) is 18.4. The Morgan fingerprint density at radius 2 is 0.926 bits per heavy atom. The summed E-state index contributed by atoms with van der Waals surface area (Å²) in [4.78, 5) is 14.0. The van der Waals surface area contributed by atoms with Crippen LogP contribution in [0, 0.1) is 0 Å². The number of pyridine rings is 1. The SMILES string of the molecule is Cn1c(-c2ccc(CCc3cc(CCc4ccc(-c5nc6ccccc6n5C)cc4)cc(-c4ccccc4-c4ccc(-c5cc(OS(=O)(=O)C(F)(F)F)ccn5)cc4)c3)cc2)nc2ccccc21. The largest absolute Gasteiger partial charge is 0.534 e. The molecular formula is C56H44F3N5O3S. The number of alkyl halides is 3. The van der Waals surface area contributed by atoms with Crippen LogP contribution in [0.25, 0.3) is 78.4 Å². The number of halogens is 3. The van der Waals surface area contributed by atoms with Gasteiger partial charge in [0.15, 0.2) is 0 Å². The Morgan fingerprint density at radius 3 is 1.43 bits per heavy atom. The molecular weight excluding hydrogens is 880 g/mol. The molecule has 338 valence electrons. The van der Waals surface area contributed by atoms with E-state index >= 15 is 0 Å². The number of aromatic nitrogens is 5. The highest BCUT2D eigenvalue weighted by Gasteiger charge is 2.48. The van der Waals surface area contributed by atoms with Crippen LogP contribution in [0.5, 0.6) is 5.75 Å². The molecule has 0 aliphatic heterocycles. The van der Waals surface area contributed by atoms with Crippen molar-refractivity contribution < 1.29 is 25.8 Å². The highest BCUT2D eigenvalue weighted by atomic mass is 32.2. The Kier molecular flexibility index (Phi) is 11.7. The van der Waals surface area contributed by atoms with Crippen LogP contribution < -0.4 is 4.18 Å². The first-order valence-corrected chi connectivity index (χ1v) is 23.6. The van der Waals surface area contributed by atoms with Crippen molar-refractivity contribution in [3.8, 4) is 62.0 Å². The summed E-state index contributed by atoms with van der Waals surface area (Å²) in [7, 11) is -1.73. The van der Waals surface area contributed by atoms with Crippen LogP contribution in [-0.4, -0.2) is 38.0 Å². The van der Waals surface area contributed by atoms with E-state index < -0.39 is 21.4 Å². The van der Waals surface area contributed by atoms with Gasteiger partial charge in [-0.1, -0.05) is 140 Å². The molecule has 0 unspecified atom stereocenters. The minimum Gasteiger partial charge on any atom is -0.376 e. The van der Waals surface area contributed by atoms with Gasteiger partial charge in [-0.3, -0.25) is 4.98 Å². The fourth-order valence-corrected chi connectivity index (χ4v) is 9.29. The van der Waals surface area contributed by atoms with Gasteiger partial charge in [0, 0.05) is 49.1 Å². The molecule has 3 heterocycles. The van der Waals surface area contributed by atoms with E-state index in [-0.39, 0.29) is 5.69 Å². The van der Waals surface area contributed by atoms with Crippen molar-refractivity contribution >= 4 is 32.2 Å². The average Bonchev–Trinajstić information content (AvgIpc) is 3.88. The second-order valence-electron chi connectivity index (χ2n) is 16.9. The maximum absolute atomic E-state index is 13.0. The first-order valence-electron chi connectivity index (χ1n) is 22.2. The van der Waals surface area contributed by atoms with E-state index in [0.717, 1.165) is 98.8 Å². The molecule has 10 aromatic rings. The number of para-hydroxylation sites is 4. The molecule has 0 saturated heterocycles. The third kappa shape index (κ3) is 9.02. The minimum absolute atomic E-state index is 0.261. The van der Waals surface area contributed by atoms with Gasteiger partial charge in [0.25, 0.3) is 0 Å². The monoisotopic (exact) mass is 923 g/mol. The van der Waals surface area contributed by atoms with Crippen molar-refractivity contribution in [3.63, 3.8) is 0 Å². The predicted molar refractivity (Wildman–Crippen MR) is 263 cm³/mol. The van der Waals surface area contributed by atoms with Crippen molar-refractivity contribution in [2.75, 3.05) is 0 Å². The quantitative estimate of drug-likeness (QED) is 0.0845. The number of hydrogen-bond acceptors (Lipinski definition) is 6. The highest BCUT2D eigenvalue weighted by Crippen LogP contribution is 2.36. The van der Waals surface area contributed by atoms with Crippen molar-refractivity contribution in [1.82, 2.24) is 24.1 Å². The Bertz CT molecular complexity index is 3420. The molecule has 7 aromatic carbocycles. The molecule has 3 aromatic heterocycles. The third-order valence-electron chi connectivity index (χ3n) is 12.4. The summed E-state index contributed by atoms with van der Waals surface area (Å²) in [5.74, 6) is 1.38. The fourth-order valence-electron chi connectivity index (χ4n) is 8.83. The van der Waals surface area contributed by atoms with E-state index in [9.17, 15) is 21.6 Å². The lowest BCUT2D eigenvalue weighted by Gasteiger charge is -2.15. The zero-order valence-corrected chi connectivity index (χ0v) is 38.0. The zero-order valence-electron chi connectivity index (χ0n) is 37.2. The average molecular weight is 924 g/mol. The van der Waals surface area contributed by atoms with Crippen molar-refractivity contribution in [1.29, 1.82) is 0 Å². The molecule has 0 saturated carbocycles. The Hall–Kier alpha value is -7.83. The van der Waals surface area contributed by atoms with Gasteiger partial charge in [-0.25, -0.2) is 9.97 Å². The summed E-state index contributed by atoms with van der Waals surface area (Å²) in [5.41, 5.74) is 10.5. The number of rotatable bonds is 13. The van der Waals surface area contributed by atoms with Crippen LogP contribution >= 0.6 is 0 Å². The van der Waals surface area contributed by atoms with Crippen LogP contribution in [0.1, 0.15) is 22.3 Å². The van der Waals surface area contributed by atoms with Crippen molar-refractivity contribution in [3.05, 3.63) is 204 Å². The molecule has 0 aliphatic rings. The lowest BCUT2D eigenvalue weighted by atomic mass is 9.90. The Balaban J connectivity index is 0.925. The summed E-state index contributed by atoms with van der Waals surface area (Å²) in [5, 5.41) is 0. The van der Waals surface area contributed by atoms with Gasteiger partial charge in [0.2, 0.25) is 0 Å². The van der Waals surface area contributed by atoms with Crippen LogP contribution in [0.15, 0.2) is 182 Å². The summed E-state index contributed by atoms with van der Waals surface area (Å²) >= 11 is 0. The topological polar surface area (TPSA) is 91.9 Å². The van der Waals surface area contributed by atoms with Crippen LogP contribution in [0.3, 0.4) is 0 Å². The normalized spacial score (nSPS) is 12.0. The lowest BCUT2D eigenvalue weighted by Crippen LogP contribution is -2.28. The molecule has 0 spiro atoms. The summed E-state index contributed by atoms with van der Waals surface area (Å²) in [6, 6.07) is 58.5. The second kappa shape index (κ2) is 18.1. The van der Waals surface area contributed by atoms with E-state index in [4.69, 9.17) is 9.97 Å². The van der Waals surface area contributed by atoms with Crippen LogP contribution in [0.2, 0.25) is 0 Å². The molecule has 12 heteroatoms. The molecule has 68 heavy (non-hydrogen) atoms. The molecule has 0 fully saturated rings. The van der Waals surface area contributed by atoms with Gasteiger partial charge in [-0.15, -0.1) is 0 Å². The maximum Gasteiger partial charge on any atom is 0.534 e. The van der Waals surface area contributed by atoms with Gasteiger partial charge in [0.05, 0.1) is 27.8 Å². The summed E-state index contributed by atoms with van der Waals surface area (Å²) in [6.45, 7) is 0. The van der Waals surface area contributed by atoms with E-state index in [0.29, 0.717) is 5.56 Å². The molecule has 0 bridgehead atoms. The smallest absolute Gasteiger partial charge is 0.376 e. The predicted octanol–water partition coefficient (Wildman–Crippen LogP) is 13.0. The number of fused-ring (bicyclic) bond motifs is 2. The van der Waals surface area contributed by atoms with Gasteiger partial charge < -0.3 is 13.3 Å². The van der Waals surface area contributed by atoms with E-state index in [1.807, 2.05) is 74.8 Å². The Morgan fingerprint density at radius 1 is 0.485 bits per heavy atom. The number of aryl methyl sites for hydroxylation is 6. The molecule has 8 nitrogen and oxygen atoms in total. The lowest BCUT2D eigenvalue weighted by molar-refractivity contribution is -0.0500. The van der Waals surface area contributed by atoms with Crippen molar-refractivity contribution in [2.24, 2.45) is 14.1 Å². The molecule has 0 aliphatic carbocycles. The number of hydrogen-bond donors (Lipinski definition) is 0. The first-order chi connectivity index (χ1) is 32.9. The van der Waals surface area contributed by atoms with Gasteiger partial charge in [0.1, 0.15) is 17.4 Å². The number of benzene rings is 7. The molecule has 0 amide bonds. The van der Waals surface area contributed by atoms with Crippen molar-refractivity contribution in [2.45, 2.75) is 31.2 Å².